The molecule has 1 unspecified atom stereocenters. The van der Waals surface area contributed by atoms with Crippen LogP contribution >= 0.6 is 0 Å². The fourth-order valence-electron chi connectivity index (χ4n) is 2.82. The topological polar surface area (TPSA) is 15.3 Å². The van der Waals surface area contributed by atoms with Crippen LogP contribution in [0.3, 0.4) is 0 Å². The van der Waals surface area contributed by atoms with Gasteiger partial charge in [-0.15, -0.1) is 0 Å². The Morgan fingerprint density at radius 1 is 1.16 bits per heavy atom. The standard InChI is InChI=1S/C17H28N2/c1-4-18-16(15-8-6-5-7-9-15)14-19-12-10-17(2,3)11-13-19/h5-9,16,18H,4,10-14H2,1-3H3. The Hall–Kier alpha value is -0.860. The summed E-state index contributed by atoms with van der Waals surface area (Å²) in [5.41, 5.74) is 1.95. The zero-order valence-corrected chi connectivity index (χ0v) is 12.7. The van der Waals surface area contributed by atoms with Crippen molar-refractivity contribution in [1.82, 2.24) is 10.2 Å². The smallest absolute Gasteiger partial charge is 0.0449 e. The lowest BCUT2D eigenvalue weighted by atomic mass is 9.82. The molecule has 1 aromatic carbocycles. The van der Waals surface area contributed by atoms with Crippen LogP contribution in [0, 0.1) is 5.41 Å². The van der Waals surface area contributed by atoms with Crippen LogP contribution in [0.25, 0.3) is 0 Å². The van der Waals surface area contributed by atoms with Crippen molar-refractivity contribution in [1.29, 1.82) is 0 Å². The van der Waals surface area contributed by atoms with Crippen LogP contribution in [0.15, 0.2) is 30.3 Å². The second kappa shape index (κ2) is 6.53. The molecule has 106 valence electrons. The van der Waals surface area contributed by atoms with Gasteiger partial charge < -0.3 is 10.2 Å². The van der Waals surface area contributed by atoms with Crippen molar-refractivity contribution >= 4 is 0 Å². The van der Waals surface area contributed by atoms with Crippen molar-refractivity contribution in [3.63, 3.8) is 0 Å². The van der Waals surface area contributed by atoms with Gasteiger partial charge in [-0.1, -0.05) is 51.1 Å². The van der Waals surface area contributed by atoms with E-state index in [0.29, 0.717) is 11.5 Å². The minimum absolute atomic E-state index is 0.465. The van der Waals surface area contributed by atoms with Crippen LogP contribution in [-0.4, -0.2) is 31.1 Å². The van der Waals surface area contributed by atoms with Gasteiger partial charge in [0.1, 0.15) is 0 Å². The summed E-state index contributed by atoms with van der Waals surface area (Å²) in [7, 11) is 0. The summed E-state index contributed by atoms with van der Waals surface area (Å²) in [4.78, 5) is 2.62. The molecule has 1 atom stereocenters. The first-order valence-corrected chi connectivity index (χ1v) is 7.61. The van der Waals surface area contributed by atoms with E-state index in [-0.39, 0.29) is 0 Å². The highest BCUT2D eigenvalue weighted by molar-refractivity contribution is 5.19. The molecule has 0 aromatic heterocycles. The van der Waals surface area contributed by atoms with E-state index in [0.717, 1.165) is 13.1 Å². The molecule has 0 radical (unpaired) electrons. The molecule has 2 heteroatoms. The first kappa shape index (κ1) is 14.5. The van der Waals surface area contributed by atoms with Gasteiger partial charge in [0.05, 0.1) is 0 Å². The lowest BCUT2D eigenvalue weighted by Crippen LogP contribution is -2.42. The highest BCUT2D eigenvalue weighted by Gasteiger charge is 2.26. The Kier molecular flexibility index (Phi) is 5.00. The predicted octanol–water partition coefficient (Wildman–Crippen LogP) is 3.46. The normalized spacial score (nSPS) is 21.2. The SMILES string of the molecule is CCNC(CN1CCC(C)(C)CC1)c1ccccc1. The van der Waals surface area contributed by atoms with E-state index in [4.69, 9.17) is 0 Å². The molecular formula is C17H28N2. The minimum Gasteiger partial charge on any atom is -0.309 e. The van der Waals surface area contributed by atoms with Crippen molar-refractivity contribution in [3.05, 3.63) is 35.9 Å². The quantitative estimate of drug-likeness (QED) is 0.872. The summed E-state index contributed by atoms with van der Waals surface area (Å²) >= 11 is 0. The number of nitrogens with zero attached hydrogens (tertiary/aromatic N) is 1. The zero-order valence-electron chi connectivity index (χ0n) is 12.7. The van der Waals surface area contributed by atoms with Crippen molar-refractivity contribution in [3.8, 4) is 0 Å². The summed E-state index contributed by atoms with van der Waals surface area (Å²) in [6.07, 6.45) is 2.64. The average Bonchev–Trinajstić information content (AvgIpc) is 2.41. The van der Waals surface area contributed by atoms with Crippen molar-refractivity contribution in [2.45, 2.75) is 39.7 Å². The molecule has 0 saturated carbocycles. The number of hydrogen-bond acceptors (Lipinski definition) is 2. The fraction of sp³-hybridized carbons (Fsp3) is 0.647. The van der Waals surface area contributed by atoms with Gasteiger partial charge in [-0.2, -0.15) is 0 Å². The van der Waals surface area contributed by atoms with E-state index in [9.17, 15) is 0 Å². The van der Waals surface area contributed by atoms with Crippen LogP contribution in [-0.2, 0) is 0 Å². The number of hydrogen-bond donors (Lipinski definition) is 1. The van der Waals surface area contributed by atoms with E-state index in [1.807, 2.05) is 0 Å². The Bertz CT molecular complexity index is 362. The number of likely N-dealkylation sites (N-methyl/N-ethyl adjacent to an activating group) is 1. The third-order valence-electron chi connectivity index (χ3n) is 4.30. The Morgan fingerprint density at radius 2 is 1.79 bits per heavy atom. The van der Waals surface area contributed by atoms with Gasteiger partial charge in [-0.25, -0.2) is 0 Å². The molecule has 1 N–H and O–H groups in total. The Balaban J connectivity index is 1.94. The highest BCUT2D eigenvalue weighted by atomic mass is 15.2. The van der Waals surface area contributed by atoms with Crippen LogP contribution in [0.1, 0.15) is 45.2 Å². The monoisotopic (exact) mass is 260 g/mol. The van der Waals surface area contributed by atoms with Gasteiger partial charge in [0.25, 0.3) is 0 Å². The summed E-state index contributed by atoms with van der Waals surface area (Å²) in [5.74, 6) is 0. The molecule has 0 amide bonds. The van der Waals surface area contributed by atoms with Crippen molar-refractivity contribution in [2.24, 2.45) is 5.41 Å². The van der Waals surface area contributed by atoms with E-state index in [1.165, 1.54) is 31.5 Å². The molecule has 1 fully saturated rings. The molecule has 1 aliphatic heterocycles. The van der Waals surface area contributed by atoms with Crippen molar-refractivity contribution in [2.75, 3.05) is 26.2 Å². The maximum absolute atomic E-state index is 3.63. The molecule has 2 rings (SSSR count). The first-order valence-electron chi connectivity index (χ1n) is 7.61. The molecule has 0 bridgehead atoms. The summed E-state index contributed by atoms with van der Waals surface area (Å²) < 4.78 is 0. The number of likely N-dealkylation sites (tertiary alicyclic amines) is 1. The van der Waals surface area contributed by atoms with E-state index >= 15 is 0 Å². The molecule has 0 spiro atoms. The third-order valence-corrected chi connectivity index (χ3v) is 4.30. The highest BCUT2D eigenvalue weighted by Crippen LogP contribution is 2.30. The predicted molar refractivity (Wildman–Crippen MR) is 82.3 cm³/mol. The van der Waals surface area contributed by atoms with Gasteiger partial charge in [0.15, 0.2) is 0 Å². The molecular weight excluding hydrogens is 232 g/mol. The lowest BCUT2D eigenvalue weighted by Gasteiger charge is -2.38. The van der Waals surface area contributed by atoms with Gasteiger partial charge in [0, 0.05) is 12.6 Å². The number of nitrogens with one attached hydrogen (secondary N) is 1. The van der Waals surface area contributed by atoms with Crippen LogP contribution in [0.2, 0.25) is 0 Å². The van der Waals surface area contributed by atoms with Crippen LogP contribution in [0.5, 0.6) is 0 Å². The maximum atomic E-state index is 3.63. The third kappa shape index (κ3) is 4.32. The summed E-state index contributed by atoms with van der Waals surface area (Å²) in [6.45, 7) is 11.6. The number of piperidine rings is 1. The molecule has 1 aromatic rings. The van der Waals surface area contributed by atoms with Crippen LogP contribution in [0.4, 0.5) is 0 Å². The fourth-order valence-corrected chi connectivity index (χ4v) is 2.82. The Morgan fingerprint density at radius 3 is 2.37 bits per heavy atom. The van der Waals surface area contributed by atoms with E-state index in [1.54, 1.807) is 0 Å². The van der Waals surface area contributed by atoms with Crippen molar-refractivity contribution < 1.29 is 0 Å². The van der Waals surface area contributed by atoms with E-state index in [2.05, 4.69) is 61.3 Å². The molecule has 1 saturated heterocycles. The van der Waals surface area contributed by atoms with Gasteiger partial charge in [0.2, 0.25) is 0 Å². The van der Waals surface area contributed by atoms with Gasteiger partial charge >= 0.3 is 0 Å². The van der Waals surface area contributed by atoms with Gasteiger partial charge in [-0.3, -0.25) is 0 Å². The summed E-state index contributed by atoms with van der Waals surface area (Å²) in [6, 6.07) is 11.3. The minimum atomic E-state index is 0.465. The average molecular weight is 260 g/mol. The maximum Gasteiger partial charge on any atom is 0.0449 e. The molecule has 2 nitrogen and oxygen atoms in total. The molecule has 1 aliphatic rings. The largest absolute Gasteiger partial charge is 0.309 e. The Labute approximate surface area is 118 Å². The molecule has 0 aliphatic carbocycles. The van der Waals surface area contributed by atoms with Crippen LogP contribution < -0.4 is 5.32 Å². The van der Waals surface area contributed by atoms with E-state index < -0.39 is 0 Å². The number of benzene rings is 1. The zero-order chi connectivity index (χ0) is 13.7. The number of rotatable bonds is 5. The van der Waals surface area contributed by atoms with Gasteiger partial charge in [-0.05, 0) is 43.5 Å². The lowest BCUT2D eigenvalue weighted by molar-refractivity contribution is 0.122. The first-order chi connectivity index (χ1) is 9.11. The summed E-state index contributed by atoms with van der Waals surface area (Å²) in [5, 5.41) is 3.63. The molecule has 19 heavy (non-hydrogen) atoms. The second-order valence-electron chi connectivity index (χ2n) is 6.49. The second-order valence-corrected chi connectivity index (χ2v) is 6.49. The molecule has 1 heterocycles.